The van der Waals surface area contributed by atoms with Crippen LogP contribution in [0, 0.1) is 0 Å². The first-order valence-corrected chi connectivity index (χ1v) is 11.7. The number of unbranched alkanes of at least 4 members (excludes halogenated alkanes) is 6. The molecule has 2 heteroatoms. The topological polar surface area (TPSA) is 9.23 Å². The molecule has 0 bridgehead atoms. The Labute approximate surface area is 154 Å². The Morgan fingerprint density at radius 1 is 0.760 bits per heavy atom. The summed E-state index contributed by atoms with van der Waals surface area (Å²) in [4.78, 5) is 0. The Hall–Kier alpha value is -1.64. The molecule has 0 aliphatic rings. The van der Waals surface area contributed by atoms with Crippen molar-refractivity contribution in [2.24, 2.45) is 0 Å². The van der Waals surface area contributed by atoms with Crippen LogP contribution in [0.15, 0.2) is 72.9 Å². The van der Waals surface area contributed by atoms with Gasteiger partial charge in [-0.15, -0.1) is 6.58 Å². The van der Waals surface area contributed by atoms with Crippen LogP contribution in [0.1, 0.15) is 51.9 Å². The van der Waals surface area contributed by atoms with E-state index in [9.17, 15) is 0 Å². The molecule has 0 radical (unpaired) electrons. The van der Waals surface area contributed by atoms with Crippen LogP contribution in [0.5, 0.6) is 0 Å². The van der Waals surface area contributed by atoms with Gasteiger partial charge in [-0.25, -0.2) is 0 Å². The molecule has 0 aliphatic carbocycles. The van der Waals surface area contributed by atoms with E-state index in [1.54, 1.807) is 0 Å². The average molecular weight is 353 g/mol. The van der Waals surface area contributed by atoms with Gasteiger partial charge in [-0.2, -0.15) is 0 Å². The third-order valence-corrected chi connectivity index (χ3v) is 8.39. The zero-order valence-electron chi connectivity index (χ0n) is 15.6. The first-order chi connectivity index (χ1) is 12.3. The van der Waals surface area contributed by atoms with Crippen molar-refractivity contribution >= 4 is 18.7 Å². The van der Waals surface area contributed by atoms with Gasteiger partial charge in [-0.1, -0.05) is 112 Å². The normalized spacial score (nSPS) is 11.4. The van der Waals surface area contributed by atoms with Gasteiger partial charge in [0, 0.05) is 6.61 Å². The summed E-state index contributed by atoms with van der Waals surface area (Å²) in [5, 5.41) is 2.55. The summed E-state index contributed by atoms with van der Waals surface area (Å²) in [6, 6.07) is 21.3. The molecular weight excluding hydrogens is 320 g/mol. The van der Waals surface area contributed by atoms with Crippen LogP contribution >= 0.6 is 0 Å². The van der Waals surface area contributed by atoms with Gasteiger partial charge in [-0.3, -0.25) is 0 Å². The number of rotatable bonds is 12. The van der Waals surface area contributed by atoms with E-state index in [4.69, 9.17) is 4.43 Å². The Kier molecular flexibility index (Phi) is 8.71. The molecule has 2 aromatic rings. The molecule has 0 spiro atoms. The minimum Gasteiger partial charge on any atom is -0.405 e. The lowest BCUT2D eigenvalue weighted by Gasteiger charge is -2.29. The van der Waals surface area contributed by atoms with Crippen molar-refractivity contribution < 1.29 is 4.43 Å². The van der Waals surface area contributed by atoms with E-state index in [1.165, 1.54) is 48.9 Å². The molecule has 0 aliphatic heterocycles. The van der Waals surface area contributed by atoms with E-state index in [-0.39, 0.29) is 0 Å². The Balaban J connectivity index is 2.00. The van der Waals surface area contributed by atoms with Crippen LogP contribution in [-0.4, -0.2) is 14.9 Å². The standard InChI is InChI=1S/C23H32OSi/c1-3-5-6-7-8-9-16-21-24-25(4-2,22-17-12-10-13-18-22)23-19-14-11-15-20-23/h4,10-15,17-20H,2-3,5-9,16,21H2,1H3. The van der Waals surface area contributed by atoms with Crippen molar-refractivity contribution in [1.82, 2.24) is 0 Å². The zero-order chi connectivity index (χ0) is 17.8. The van der Waals surface area contributed by atoms with Crippen molar-refractivity contribution in [2.75, 3.05) is 6.61 Å². The highest BCUT2D eigenvalue weighted by atomic mass is 28.4. The smallest absolute Gasteiger partial charge is 0.280 e. The van der Waals surface area contributed by atoms with Gasteiger partial charge in [0.25, 0.3) is 8.32 Å². The summed E-state index contributed by atoms with van der Waals surface area (Å²) in [6.07, 6.45) is 9.12. The van der Waals surface area contributed by atoms with Crippen LogP contribution in [-0.2, 0) is 4.43 Å². The summed E-state index contributed by atoms with van der Waals surface area (Å²) in [7, 11) is -2.34. The van der Waals surface area contributed by atoms with E-state index in [2.05, 4.69) is 79.9 Å². The molecule has 0 unspecified atom stereocenters. The van der Waals surface area contributed by atoms with Crippen LogP contribution in [0.2, 0.25) is 0 Å². The molecule has 0 saturated carbocycles. The second kappa shape index (κ2) is 11.1. The Bertz CT molecular complexity index is 555. The fourth-order valence-corrected chi connectivity index (χ4v) is 6.39. The molecule has 134 valence electrons. The van der Waals surface area contributed by atoms with Gasteiger partial charge >= 0.3 is 0 Å². The molecule has 1 nitrogen and oxygen atoms in total. The van der Waals surface area contributed by atoms with Crippen LogP contribution in [0.4, 0.5) is 0 Å². The summed E-state index contributed by atoms with van der Waals surface area (Å²) in [5.41, 5.74) is 2.08. The van der Waals surface area contributed by atoms with Crippen LogP contribution < -0.4 is 10.4 Å². The van der Waals surface area contributed by atoms with Crippen LogP contribution in [0.3, 0.4) is 0 Å². The lowest BCUT2D eigenvalue weighted by Crippen LogP contribution is -2.59. The van der Waals surface area contributed by atoms with Crippen molar-refractivity contribution in [1.29, 1.82) is 0 Å². The first kappa shape index (κ1) is 19.7. The third kappa shape index (κ3) is 5.69. The van der Waals surface area contributed by atoms with E-state index >= 15 is 0 Å². The summed E-state index contributed by atoms with van der Waals surface area (Å²) in [5.74, 6) is 0. The fraction of sp³-hybridized carbons (Fsp3) is 0.391. The fourth-order valence-electron chi connectivity index (χ4n) is 3.29. The van der Waals surface area contributed by atoms with Gasteiger partial charge in [0.15, 0.2) is 0 Å². The second-order valence-corrected chi connectivity index (χ2v) is 9.96. The van der Waals surface area contributed by atoms with Crippen molar-refractivity contribution in [3.8, 4) is 0 Å². The Morgan fingerprint density at radius 2 is 1.24 bits per heavy atom. The van der Waals surface area contributed by atoms with Crippen LogP contribution in [0.25, 0.3) is 0 Å². The maximum absolute atomic E-state index is 6.60. The highest BCUT2D eigenvalue weighted by molar-refractivity contribution is 7.01. The van der Waals surface area contributed by atoms with Gasteiger partial charge in [0.05, 0.1) is 0 Å². The summed E-state index contributed by atoms with van der Waals surface area (Å²) in [6.45, 7) is 7.25. The highest BCUT2D eigenvalue weighted by Gasteiger charge is 2.36. The quantitative estimate of drug-likeness (QED) is 0.375. The molecule has 0 fully saturated rings. The molecule has 2 aromatic carbocycles. The third-order valence-electron chi connectivity index (χ3n) is 4.77. The number of benzene rings is 2. The molecule has 0 aromatic heterocycles. The molecular formula is C23H32OSi. The largest absolute Gasteiger partial charge is 0.405 e. The van der Waals surface area contributed by atoms with E-state index in [1.807, 2.05) is 0 Å². The Morgan fingerprint density at radius 3 is 1.72 bits per heavy atom. The SMILES string of the molecule is C=C[Si](OCCCCCCCCC)(c1ccccc1)c1ccccc1. The lowest BCUT2D eigenvalue weighted by atomic mass is 10.1. The lowest BCUT2D eigenvalue weighted by molar-refractivity contribution is 0.308. The molecule has 0 amide bonds. The van der Waals surface area contributed by atoms with Gasteiger partial charge in [-0.05, 0) is 16.8 Å². The molecule has 2 rings (SSSR count). The molecule has 25 heavy (non-hydrogen) atoms. The van der Waals surface area contributed by atoms with E-state index in [0.717, 1.165) is 13.0 Å². The molecule has 0 N–H and O–H groups in total. The second-order valence-electron chi connectivity index (χ2n) is 6.64. The predicted molar refractivity (Wildman–Crippen MR) is 112 cm³/mol. The summed E-state index contributed by atoms with van der Waals surface area (Å²) < 4.78 is 6.60. The van der Waals surface area contributed by atoms with E-state index < -0.39 is 8.32 Å². The molecule has 0 atom stereocenters. The van der Waals surface area contributed by atoms with Gasteiger partial charge < -0.3 is 4.43 Å². The minimum absolute atomic E-state index is 0.815. The van der Waals surface area contributed by atoms with Crippen molar-refractivity contribution in [2.45, 2.75) is 51.9 Å². The average Bonchev–Trinajstić information content (AvgIpc) is 2.69. The predicted octanol–water partition coefficient (Wildman–Crippen LogP) is 5.24. The maximum Gasteiger partial charge on any atom is 0.280 e. The molecule has 0 heterocycles. The monoisotopic (exact) mass is 352 g/mol. The molecule has 0 saturated heterocycles. The van der Waals surface area contributed by atoms with Crippen molar-refractivity contribution in [3.05, 3.63) is 72.9 Å². The van der Waals surface area contributed by atoms with Gasteiger partial charge in [0.2, 0.25) is 0 Å². The van der Waals surface area contributed by atoms with E-state index in [0.29, 0.717) is 0 Å². The minimum atomic E-state index is -2.34. The first-order valence-electron chi connectivity index (χ1n) is 9.72. The maximum atomic E-state index is 6.60. The summed E-state index contributed by atoms with van der Waals surface area (Å²) >= 11 is 0. The highest BCUT2D eigenvalue weighted by Crippen LogP contribution is 2.12. The zero-order valence-corrected chi connectivity index (χ0v) is 16.6. The van der Waals surface area contributed by atoms with Crippen molar-refractivity contribution in [3.63, 3.8) is 0 Å². The number of hydrogen-bond acceptors (Lipinski definition) is 1. The number of hydrogen-bond donors (Lipinski definition) is 0. The van der Waals surface area contributed by atoms with Gasteiger partial charge in [0.1, 0.15) is 0 Å².